The molecule has 4 heteroatoms. The zero-order valence-corrected chi connectivity index (χ0v) is 12.1. The molecule has 0 aliphatic carbocycles. The number of anilines is 2. The molecule has 0 radical (unpaired) electrons. The fraction of sp³-hybridized carbons (Fsp3) is 0.438. The Morgan fingerprint density at radius 3 is 2.85 bits per heavy atom. The summed E-state index contributed by atoms with van der Waals surface area (Å²) in [6.07, 6.45) is 0.854. The predicted molar refractivity (Wildman–Crippen MR) is 83.1 cm³/mol. The Morgan fingerprint density at radius 1 is 1.30 bits per heavy atom. The van der Waals surface area contributed by atoms with Gasteiger partial charge in [-0.05, 0) is 32.0 Å². The van der Waals surface area contributed by atoms with Crippen LogP contribution in [0.5, 0.6) is 0 Å². The van der Waals surface area contributed by atoms with Crippen molar-refractivity contribution in [2.45, 2.75) is 26.9 Å². The van der Waals surface area contributed by atoms with Crippen LogP contribution in [0.4, 0.5) is 11.4 Å². The van der Waals surface area contributed by atoms with Crippen molar-refractivity contribution in [3.05, 3.63) is 29.5 Å². The second-order valence-electron chi connectivity index (χ2n) is 5.13. The van der Waals surface area contributed by atoms with Gasteiger partial charge in [0.25, 0.3) is 0 Å². The highest BCUT2D eigenvalue weighted by molar-refractivity contribution is 5.94. The minimum atomic E-state index is 0.583. The van der Waals surface area contributed by atoms with Gasteiger partial charge in [-0.3, -0.25) is 4.98 Å². The first-order valence-corrected chi connectivity index (χ1v) is 7.28. The average Bonchev–Trinajstić information content (AvgIpc) is 2.49. The van der Waals surface area contributed by atoms with E-state index in [0.717, 1.165) is 54.0 Å². The van der Waals surface area contributed by atoms with Gasteiger partial charge in [0.15, 0.2) is 0 Å². The molecule has 20 heavy (non-hydrogen) atoms. The SMILES string of the molecule is CCN(CC)c1ccc2nc3c(c(N)c2c1)COCC3. The van der Waals surface area contributed by atoms with Crippen molar-refractivity contribution in [2.24, 2.45) is 0 Å². The minimum absolute atomic E-state index is 0.583. The van der Waals surface area contributed by atoms with Gasteiger partial charge in [-0.2, -0.15) is 0 Å². The normalized spacial score (nSPS) is 14.3. The van der Waals surface area contributed by atoms with Gasteiger partial charge in [-0.1, -0.05) is 0 Å². The van der Waals surface area contributed by atoms with Crippen LogP contribution in [0.25, 0.3) is 10.9 Å². The van der Waals surface area contributed by atoms with Crippen molar-refractivity contribution in [1.29, 1.82) is 0 Å². The molecule has 1 aromatic carbocycles. The Kier molecular flexibility index (Phi) is 3.49. The molecule has 2 aromatic rings. The molecule has 2 heterocycles. The van der Waals surface area contributed by atoms with Crippen LogP contribution < -0.4 is 10.6 Å². The fourth-order valence-corrected chi connectivity index (χ4v) is 2.86. The summed E-state index contributed by atoms with van der Waals surface area (Å²) in [5.41, 5.74) is 11.5. The van der Waals surface area contributed by atoms with Crippen molar-refractivity contribution in [1.82, 2.24) is 4.98 Å². The number of pyridine rings is 1. The van der Waals surface area contributed by atoms with E-state index in [2.05, 4.69) is 36.9 Å². The van der Waals surface area contributed by atoms with Gasteiger partial charge < -0.3 is 15.4 Å². The molecular formula is C16H21N3O. The molecule has 4 nitrogen and oxygen atoms in total. The zero-order chi connectivity index (χ0) is 14.1. The molecule has 0 fully saturated rings. The van der Waals surface area contributed by atoms with Crippen molar-refractivity contribution >= 4 is 22.3 Å². The van der Waals surface area contributed by atoms with Crippen molar-refractivity contribution in [3.8, 4) is 0 Å². The summed E-state index contributed by atoms with van der Waals surface area (Å²) in [7, 11) is 0. The molecule has 0 saturated heterocycles. The van der Waals surface area contributed by atoms with Crippen molar-refractivity contribution in [3.63, 3.8) is 0 Å². The van der Waals surface area contributed by atoms with E-state index in [1.54, 1.807) is 0 Å². The monoisotopic (exact) mass is 271 g/mol. The Bertz CT molecular complexity index is 635. The van der Waals surface area contributed by atoms with Crippen LogP contribution in [0.15, 0.2) is 18.2 Å². The number of aromatic nitrogens is 1. The van der Waals surface area contributed by atoms with Crippen LogP contribution in [0.3, 0.4) is 0 Å². The summed E-state index contributed by atoms with van der Waals surface area (Å²) >= 11 is 0. The van der Waals surface area contributed by atoms with Gasteiger partial charge >= 0.3 is 0 Å². The maximum Gasteiger partial charge on any atom is 0.0755 e. The van der Waals surface area contributed by atoms with Crippen LogP contribution in [0.1, 0.15) is 25.1 Å². The lowest BCUT2D eigenvalue weighted by molar-refractivity contribution is 0.110. The minimum Gasteiger partial charge on any atom is -0.398 e. The lowest BCUT2D eigenvalue weighted by atomic mass is 10.0. The quantitative estimate of drug-likeness (QED) is 0.932. The van der Waals surface area contributed by atoms with Crippen LogP contribution in [-0.2, 0) is 17.8 Å². The number of hydrogen-bond acceptors (Lipinski definition) is 4. The van der Waals surface area contributed by atoms with E-state index in [9.17, 15) is 0 Å². The van der Waals surface area contributed by atoms with Gasteiger partial charge in [0.05, 0.1) is 24.4 Å². The van der Waals surface area contributed by atoms with E-state index in [1.165, 1.54) is 5.69 Å². The summed E-state index contributed by atoms with van der Waals surface area (Å²) in [6, 6.07) is 6.36. The Balaban J connectivity index is 2.16. The molecule has 0 spiro atoms. The molecule has 3 rings (SSSR count). The molecular weight excluding hydrogens is 250 g/mol. The maximum atomic E-state index is 6.35. The highest BCUT2D eigenvalue weighted by atomic mass is 16.5. The molecule has 0 saturated carbocycles. The molecule has 0 atom stereocenters. The first-order valence-electron chi connectivity index (χ1n) is 7.28. The van der Waals surface area contributed by atoms with Crippen LogP contribution >= 0.6 is 0 Å². The topological polar surface area (TPSA) is 51.4 Å². The molecule has 0 bridgehead atoms. The van der Waals surface area contributed by atoms with Gasteiger partial charge in [-0.15, -0.1) is 0 Å². The van der Waals surface area contributed by atoms with Gasteiger partial charge in [0.2, 0.25) is 0 Å². The number of nitrogens with two attached hydrogens (primary N) is 1. The van der Waals surface area contributed by atoms with Crippen LogP contribution in [0, 0.1) is 0 Å². The third kappa shape index (κ3) is 2.10. The molecule has 0 unspecified atom stereocenters. The summed E-state index contributed by atoms with van der Waals surface area (Å²) < 4.78 is 5.52. The molecule has 1 aromatic heterocycles. The lowest BCUT2D eigenvalue weighted by Crippen LogP contribution is -2.21. The largest absolute Gasteiger partial charge is 0.398 e. The van der Waals surface area contributed by atoms with E-state index in [0.29, 0.717) is 6.61 Å². The number of rotatable bonds is 3. The second kappa shape index (κ2) is 5.29. The highest BCUT2D eigenvalue weighted by Crippen LogP contribution is 2.31. The highest BCUT2D eigenvalue weighted by Gasteiger charge is 2.17. The summed E-state index contributed by atoms with van der Waals surface area (Å²) in [5.74, 6) is 0. The van der Waals surface area contributed by atoms with Crippen LogP contribution in [0.2, 0.25) is 0 Å². The fourth-order valence-electron chi connectivity index (χ4n) is 2.86. The maximum absolute atomic E-state index is 6.35. The molecule has 106 valence electrons. The number of hydrogen-bond donors (Lipinski definition) is 1. The molecule has 1 aliphatic rings. The first kappa shape index (κ1) is 13.2. The standard InChI is InChI=1S/C16H21N3O/c1-3-19(4-2)11-5-6-14-12(9-11)16(17)13-10-20-8-7-15(13)18-14/h5-6,9H,3-4,7-8,10H2,1-2H3,(H2,17,18). The molecule has 0 amide bonds. The first-order chi connectivity index (χ1) is 9.74. The second-order valence-corrected chi connectivity index (χ2v) is 5.13. The van der Waals surface area contributed by atoms with E-state index >= 15 is 0 Å². The summed E-state index contributed by atoms with van der Waals surface area (Å²) in [5, 5.41) is 1.04. The van der Waals surface area contributed by atoms with Gasteiger partial charge in [-0.25, -0.2) is 0 Å². The average molecular weight is 271 g/mol. The molecule has 2 N–H and O–H groups in total. The number of nitrogen functional groups attached to an aromatic ring is 1. The molecule has 1 aliphatic heterocycles. The summed E-state index contributed by atoms with van der Waals surface area (Å²) in [6.45, 7) is 7.63. The predicted octanol–water partition coefficient (Wildman–Crippen LogP) is 2.74. The van der Waals surface area contributed by atoms with Gasteiger partial charge in [0.1, 0.15) is 0 Å². The number of ether oxygens (including phenoxy) is 1. The summed E-state index contributed by atoms with van der Waals surface area (Å²) in [4.78, 5) is 7.06. The third-order valence-electron chi connectivity index (χ3n) is 4.06. The van der Waals surface area contributed by atoms with E-state index < -0.39 is 0 Å². The Labute approximate surface area is 119 Å². The van der Waals surface area contributed by atoms with Gasteiger partial charge in [0, 0.05) is 41.8 Å². The third-order valence-corrected chi connectivity index (χ3v) is 4.06. The van der Waals surface area contributed by atoms with E-state index in [-0.39, 0.29) is 0 Å². The zero-order valence-electron chi connectivity index (χ0n) is 12.1. The number of nitrogens with zero attached hydrogens (tertiary/aromatic N) is 2. The number of benzene rings is 1. The lowest BCUT2D eigenvalue weighted by Gasteiger charge is -2.23. The van der Waals surface area contributed by atoms with Crippen LogP contribution in [-0.4, -0.2) is 24.7 Å². The van der Waals surface area contributed by atoms with E-state index in [4.69, 9.17) is 15.5 Å². The Morgan fingerprint density at radius 2 is 2.10 bits per heavy atom. The smallest absolute Gasteiger partial charge is 0.0755 e. The van der Waals surface area contributed by atoms with Crippen molar-refractivity contribution < 1.29 is 4.74 Å². The number of fused-ring (bicyclic) bond motifs is 2. The van der Waals surface area contributed by atoms with Crippen molar-refractivity contribution in [2.75, 3.05) is 30.3 Å². The van der Waals surface area contributed by atoms with E-state index in [1.807, 2.05) is 0 Å². The Hall–Kier alpha value is -1.81.